The molecule has 6 heteroatoms. The minimum Gasteiger partial charge on any atom is -0.435 e. The molecule has 2 aromatic carbocycles. The van der Waals surface area contributed by atoms with Crippen molar-refractivity contribution in [2.45, 2.75) is 20.5 Å². The van der Waals surface area contributed by atoms with Crippen molar-refractivity contribution in [2.75, 3.05) is 5.73 Å². The van der Waals surface area contributed by atoms with Gasteiger partial charge in [0.15, 0.2) is 5.58 Å². The molecule has 0 radical (unpaired) electrons. The molecule has 0 spiro atoms. The summed E-state index contributed by atoms with van der Waals surface area (Å²) in [7, 11) is 0. The summed E-state index contributed by atoms with van der Waals surface area (Å²) in [4.78, 5) is 9.10. The van der Waals surface area contributed by atoms with Gasteiger partial charge in [0, 0.05) is 23.0 Å². The van der Waals surface area contributed by atoms with E-state index in [-0.39, 0.29) is 6.61 Å². The molecule has 2 aromatic heterocycles. The van der Waals surface area contributed by atoms with Gasteiger partial charge in [-0.25, -0.2) is 4.98 Å². The van der Waals surface area contributed by atoms with Crippen molar-refractivity contribution >= 4 is 16.8 Å². The zero-order valence-corrected chi connectivity index (χ0v) is 15.5. The van der Waals surface area contributed by atoms with Crippen LogP contribution < -0.4 is 5.73 Å². The number of nitrogens with two attached hydrogens (primary N) is 1. The van der Waals surface area contributed by atoms with E-state index in [1.54, 1.807) is 18.3 Å². The van der Waals surface area contributed by atoms with Crippen LogP contribution in [0.1, 0.15) is 22.3 Å². The van der Waals surface area contributed by atoms with Gasteiger partial charge in [0.2, 0.25) is 5.89 Å². The Morgan fingerprint density at radius 1 is 1.14 bits per heavy atom. The number of oxazole rings is 1. The molecule has 0 aliphatic heterocycles. The first-order valence-electron chi connectivity index (χ1n) is 8.79. The van der Waals surface area contributed by atoms with Crippen LogP contribution in [-0.4, -0.2) is 15.1 Å². The van der Waals surface area contributed by atoms with Crippen LogP contribution in [-0.2, 0) is 6.61 Å². The van der Waals surface area contributed by atoms with Crippen LogP contribution in [0.4, 0.5) is 5.69 Å². The molecule has 0 saturated heterocycles. The molecule has 0 unspecified atom stereocenters. The fourth-order valence-corrected chi connectivity index (χ4v) is 3.33. The monoisotopic (exact) mass is 370 g/mol. The smallest absolute Gasteiger partial charge is 0.227 e. The molecule has 0 fully saturated rings. The number of hydrogen-bond donors (Lipinski definition) is 2. The topological polar surface area (TPSA) is 109 Å². The first kappa shape index (κ1) is 17.7. The van der Waals surface area contributed by atoms with Crippen molar-refractivity contribution in [2.24, 2.45) is 0 Å². The Hall–Kier alpha value is -3.69. The average Bonchev–Trinajstić information content (AvgIpc) is 3.13. The average molecular weight is 370 g/mol. The summed E-state index contributed by atoms with van der Waals surface area (Å²) in [5.74, 6) is 0.407. The number of hydrogen-bond acceptors (Lipinski definition) is 6. The lowest BCUT2D eigenvalue weighted by molar-refractivity contribution is 0.282. The number of rotatable bonds is 3. The number of anilines is 1. The standard InChI is InChI=1S/C22H18N4O2/c1-12-16(4-3-5-18(12)24)20-13(2)17(6-7-25-20)22-26-19-9-14(11-27)8-15(10-23)21(19)28-22/h3-9,27H,11,24H2,1-2H3. The molecule has 0 aliphatic carbocycles. The van der Waals surface area contributed by atoms with Gasteiger partial charge in [0.25, 0.3) is 0 Å². The maximum absolute atomic E-state index is 9.41. The normalized spacial score (nSPS) is 10.9. The SMILES string of the molecule is Cc1c(N)cccc1-c1nccc(-c2nc3cc(CO)cc(C#N)c3o2)c1C. The van der Waals surface area contributed by atoms with E-state index in [2.05, 4.69) is 16.0 Å². The molecule has 0 aliphatic rings. The molecule has 0 atom stereocenters. The highest BCUT2D eigenvalue weighted by atomic mass is 16.3. The van der Waals surface area contributed by atoms with Gasteiger partial charge in [-0.05, 0) is 54.8 Å². The maximum Gasteiger partial charge on any atom is 0.227 e. The summed E-state index contributed by atoms with van der Waals surface area (Å²) < 4.78 is 5.93. The summed E-state index contributed by atoms with van der Waals surface area (Å²) >= 11 is 0. The molecule has 0 saturated carbocycles. The Morgan fingerprint density at radius 2 is 1.96 bits per heavy atom. The van der Waals surface area contributed by atoms with Gasteiger partial charge >= 0.3 is 0 Å². The number of nitriles is 1. The number of fused-ring (bicyclic) bond motifs is 1. The number of aromatic nitrogens is 2. The highest BCUT2D eigenvalue weighted by molar-refractivity contribution is 5.84. The quantitative estimate of drug-likeness (QED) is 0.525. The largest absolute Gasteiger partial charge is 0.435 e. The Balaban J connectivity index is 1.91. The summed E-state index contributed by atoms with van der Waals surface area (Å²) in [6, 6.07) is 13.0. The van der Waals surface area contributed by atoms with Gasteiger partial charge in [0.05, 0.1) is 17.9 Å². The molecule has 4 rings (SSSR count). The van der Waals surface area contributed by atoms with Crippen LogP contribution in [0.25, 0.3) is 33.8 Å². The second-order valence-corrected chi connectivity index (χ2v) is 6.63. The summed E-state index contributed by atoms with van der Waals surface area (Å²) in [6.07, 6.45) is 1.71. The van der Waals surface area contributed by atoms with Crippen LogP contribution in [0.15, 0.2) is 47.0 Å². The van der Waals surface area contributed by atoms with E-state index in [0.29, 0.717) is 33.8 Å². The zero-order chi connectivity index (χ0) is 19.8. The van der Waals surface area contributed by atoms with E-state index in [0.717, 1.165) is 27.9 Å². The highest BCUT2D eigenvalue weighted by Gasteiger charge is 2.18. The third kappa shape index (κ3) is 2.79. The van der Waals surface area contributed by atoms with E-state index in [1.807, 2.05) is 38.1 Å². The van der Waals surface area contributed by atoms with Gasteiger partial charge in [-0.1, -0.05) is 12.1 Å². The zero-order valence-electron chi connectivity index (χ0n) is 15.5. The number of benzene rings is 2. The molecule has 28 heavy (non-hydrogen) atoms. The Labute approximate surface area is 161 Å². The second kappa shape index (κ2) is 6.80. The maximum atomic E-state index is 9.41. The van der Waals surface area contributed by atoms with Crippen LogP contribution >= 0.6 is 0 Å². The van der Waals surface area contributed by atoms with Crippen molar-refractivity contribution in [3.05, 3.63) is 64.8 Å². The number of aliphatic hydroxyl groups is 1. The van der Waals surface area contributed by atoms with Gasteiger partial charge in [0.1, 0.15) is 11.6 Å². The fourth-order valence-electron chi connectivity index (χ4n) is 3.33. The van der Waals surface area contributed by atoms with E-state index < -0.39 is 0 Å². The summed E-state index contributed by atoms with van der Waals surface area (Å²) in [5.41, 5.74) is 13.1. The van der Waals surface area contributed by atoms with Crippen molar-refractivity contribution in [3.8, 4) is 28.8 Å². The van der Waals surface area contributed by atoms with E-state index in [4.69, 9.17) is 10.2 Å². The van der Waals surface area contributed by atoms with Gasteiger partial charge < -0.3 is 15.3 Å². The lowest BCUT2D eigenvalue weighted by Gasteiger charge is -2.12. The predicted molar refractivity (Wildman–Crippen MR) is 107 cm³/mol. The molecule has 2 heterocycles. The first-order valence-corrected chi connectivity index (χ1v) is 8.79. The Bertz CT molecular complexity index is 1250. The molecule has 3 N–H and O–H groups in total. The lowest BCUT2D eigenvalue weighted by atomic mass is 9.98. The molecular formula is C22H18N4O2. The Kier molecular flexibility index (Phi) is 4.30. The molecular weight excluding hydrogens is 352 g/mol. The van der Waals surface area contributed by atoms with Crippen LogP contribution in [0, 0.1) is 25.2 Å². The number of nitrogens with zero attached hydrogens (tertiary/aromatic N) is 3. The van der Waals surface area contributed by atoms with Gasteiger partial charge in [-0.15, -0.1) is 0 Å². The third-order valence-electron chi connectivity index (χ3n) is 4.92. The third-order valence-corrected chi connectivity index (χ3v) is 4.92. The van der Waals surface area contributed by atoms with E-state index in [1.165, 1.54) is 0 Å². The van der Waals surface area contributed by atoms with Crippen LogP contribution in [0.3, 0.4) is 0 Å². The fraction of sp³-hybridized carbons (Fsp3) is 0.136. The van der Waals surface area contributed by atoms with Crippen molar-refractivity contribution < 1.29 is 9.52 Å². The summed E-state index contributed by atoms with van der Waals surface area (Å²) in [6.45, 7) is 3.76. The van der Waals surface area contributed by atoms with Gasteiger partial charge in [-0.2, -0.15) is 5.26 Å². The molecule has 0 amide bonds. The highest BCUT2D eigenvalue weighted by Crippen LogP contribution is 2.34. The second-order valence-electron chi connectivity index (χ2n) is 6.63. The van der Waals surface area contributed by atoms with E-state index in [9.17, 15) is 10.4 Å². The first-order chi connectivity index (χ1) is 13.5. The number of aliphatic hydroxyl groups excluding tert-OH is 1. The lowest BCUT2D eigenvalue weighted by Crippen LogP contribution is -1.97. The minimum atomic E-state index is -0.167. The van der Waals surface area contributed by atoms with Crippen LogP contribution in [0.2, 0.25) is 0 Å². The molecule has 4 aromatic rings. The van der Waals surface area contributed by atoms with Crippen molar-refractivity contribution in [3.63, 3.8) is 0 Å². The predicted octanol–water partition coefficient (Wildman–Crippen LogP) is 4.12. The van der Waals surface area contributed by atoms with Crippen molar-refractivity contribution in [1.29, 1.82) is 5.26 Å². The summed E-state index contributed by atoms with van der Waals surface area (Å²) in [5, 5.41) is 18.8. The minimum absolute atomic E-state index is 0.167. The number of pyridine rings is 1. The molecule has 6 nitrogen and oxygen atoms in total. The van der Waals surface area contributed by atoms with Gasteiger partial charge in [-0.3, -0.25) is 4.98 Å². The Morgan fingerprint density at radius 3 is 2.71 bits per heavy atom. The van der Waals surface area contributed by atoms with Crippen molar-refractivity contribution in [1.82, 2.24) is 9.97 Å². The van der Waals surface area contributed by atoms with Crippen LogP contribution in [0.5, 0.6) is 0 Å². The van der Waals surface area contributed by atoms with E-state index >= 15 is 0 Å². The molecule has 0 bridgehead atoms. The molecule has 138 valence electrons. The number of nitrogen functional groups attached to an aromatic ring is 1.